The minimum atomic E-state index is -4.55. The molecule has 1 atom stereocenters. The summed E-state index contributed by atoms with van der Waals surface area (Å²) in [7, 11) is 0. The predicted molar refractivity (Wildman–Crippen MR) is 105 cm³/mol. The number of rotatable bonds is 7. The van der Waals surface area contributed by atoms with E-state index in [0.717, 1.165) is 30.3 Å². The standard InChI is InChI=1S/C21H24ClF3N2O/c1-4-27(14(2)3)13-19(15-8-6-5-7-9-15)26-20(28)17-12-16(21(23,24)25)10-11-18(17)22/h5-12,14,19H,4,13H2,1-3H3,(H,26,28). The monoisotopic (exact) mass is 412 g/mol. The minimum Gasteiger partial charge on any atom is -0.344 e. The van der Waals surface area contributed by atoms with Crippen molar-refractivity contribution in [2.24, 2.45) is 0 Å². The van der Waals surface area contributed by atoms with Crippen LogP contribution in [0, 0.1) is 0 Å². The zero-order chi connectivity index (χ0) is 20.9. The number of alkyl halides is 3. The Bertz CT molecular complexity index is 794. The van der Waals surface area contributed by atoms with Gasteiger partial charge in [0.2, 0.25) is 0 Å². The van der Waals surface area contributed by atoms with Gasteiger partial charge in [-0.3, -0.25) is 9.69 Å². The van der Waals surface area contributed by atoms with E-state index in [1.165, 1.54) is 0 Å². The van der Waals surface area contributed by atoms with Gasteiger partial charge < -0.3 is 5.32 Å². The molecule has 0 bridgehead atoms. The van der Waals surface area contributed by atoms with Crippen molar-refractivity contribution in [2.45, 2.75) is 39.0 Å². The molecule has 152 valence electrons. The van der Waals surface area contributed by atoms with Crippen molar-refractivity contribution in [3.05, 3.63) is 70.2 Å². The molecule has 1 amide bonds. The Morgan fingerprint density at radius 1 is 1.14 bits per heavy atom. The second-order valence-electron chi connectivity index (χ2n) is 6.81. The van der Waals surface area contributed by atoms with E-state index in [0.29, 0.717) is 6.54 Å². The molecule has 1 unspecified atom stereocenters. The molecule has 2 aromatic carbocycles. The highest BCUT2D eigenvalue weighted by molar-refractivity contribution is 6.33. The molecule has 0 saturated carbocycles. The number of halogens is 4. The highest BCUT2D eigenvalue weighted by Gasteiger charge is 2.32. The lowest BCUT2D eigenvalue weighted by molar-refractivity contribution is -0.137. The molecular weight excluding hydrogens is 389 g/mol. The van der Waals surface area contributed by atoms with Gasteiger partial charge in [0.1, 0.15) is 0 Å². The maximum absolute atomic E-state index is 13.0. The number of benzene rings is 2. The van der Waals surface area contributed by atoms with Gasteiger partial charge in [0.15, 0.2) is 0 Å². The summed E-state index contributed by atoms with van der Waals surface area (Å²) in [6.07, 6.45) is -4.55. The molecule has 0 saturated heterocycles. The number of amides is 1. The van der Waals surface area contributed by atoms with Crippen LogP contribution in [0.25, 0.3) is 0 Å². The molecule has 0 spiro atoms. The van der Waals surface area contributed by atoms with Crippen molar-refractivity contribution < 1.29 is 18.0 Å². The van der Waals surface area contributed by atoms with E-state index in [1.807, 2.05) is 37.3 Å². The average molecular weight is 413 g/mol. The molecule has 0 aliphatic carbocycles. The third-order valence-corrected chi connectivity index (χ3v) is 4.93. The first-order valence-electron chi connectivity index (χ1n) is 9.10. The molecule has 0 aliphatic heterocycles. The van der Waals surface area contributed by atoms with Gasteiger partial charge in [0.05, 0.1) is 22.2 Å². The normalized spacial score (nSPS) is 13.0. The van der Waals surface area contributed by atoms with Crippen molar-refractivity contribution in [2.75, 3.05) is 13.1 Å². The topological polar surface area (TPSA) is 32.3 Å². The molecule has 1 N–H and O–H groups in total. The number of carbonyl (C=O) groups excluding carboxylic acids is 1. The maximum atomic E-state index is 13.0. The van der Waals surface area contributed by atoms with Crippen LogP contribution in [0.4, 0.5) is 13.2 Å². The molecule has 0 fully saturated rings. The van der Waals surface area contributed by atoms with Crippen molar-refractivity contribution in [1.82, 2.24) is 10.2 Å². The molecule has 0 radical (unpaired) electrons. The van der Waals surface area contributed by atoms with E-state index in [1.54, 1.807) is 0 Å². The SMILES string of the molecule is CCN(CC(NC(=O)c1cc(C(F)(F)F)ccc1Cl)c1ccccc1)C(C)C. The summed E-state index contributed by atoms with van der Waals surface area (Å²) in [4.78, 5) is 15.0. The van der Waals surface area contributed by atoms with E-state index in [-0.39, 0.29) is 22.7 Å². The number of nitrogens with zero attached hydrogens (tertiary/aromatic N) is 1. The second-order valence-corrected chi connectivity index (χ2v) is 7.22. The molecular formula is C21H24ClF3N2O. The van der Waals surface area contributed by atoms with Crippen LogP contribution in [0.15, 0.2) is 48.5 Å². The maximum Gasteiger partial charge on any atom is 0.416 e. The van der Waals surface area contributed by atoms with Crippen LogP contribution in [0.5, 0.6) is 0 Å². The largest absolute Gasteiger partial charge is 0.416 e. The summed E-state index contributed by atoms with van der Waals surface area (Å²) < 4.78 is 39.0. The van der Waals surface area contributed by atoms with Gasteiger partial charge >= 0.3 is 6.18 Å². The van der Waals surface area contributed by atoms with Gasteiger partial charge in [-0.05, 0) is 44.2 Å². The Balaban J connectivity index is 2.32. The van der Waals surface area contributed by atoms with E-state index >= 15 is 0 Å². The van der Waals surface area contributed by atoms with Crippen LogP contribution in [-0.4, -0.2) is 29.9 Å². The van der Waals surface area contributed by atoms with E-state index in [9.17, 15) is 18.0 Å². The van der Waals surface area contributed by atoms with Gasteiger partial charge in [0, 0.05) is 12.6 Å². The van der Waals surface area contributed by atoms with Crippen LogP contribution in [0.2, 0.25) is 5.02 Å². The lowest BCUT2D eigenvalue weighted by Crippen LogP contribution is -2.41. The zero-order valence-electron chi connectivity index (χ0n) is 16.1. The molecule has 7 heteroatoms. The Labute approximate surface area is 168 Å². The Kier molecular flexibility index (Phi) is 7.49. The van der Waals surface area contributed by atoms with Crippen molar-refractivity contribution in [3.63, 3.8) is 0 Å². The van der Waals surface area contributed by atoms with Gasteiger partial charge in [-0.25, -0.2) is 0 Å². The first kappa shape index (κ1) is 22.2. The number of nitrogens with one attached hydrogen (secondary N) is 1. The highest BCUT2D eigenvalue weighted by Crippen LogP contribution is 2.32. The molecule has 3 nitrogen and oxygen atoms in total. The number of hydrogen-bond acceptors (Lipinski definition) is 2. The van der Waals surface area contributed by atoms with Gasteiger partial charge in [-0.1, -0.05) is 48.9 Å². The number of hydrogen-bond donors (Lipinski definition) is 1. The van der Waals surface area contributed by atoms with Crippen LogP contribution in [0.1, 0.15) is 48.3 Å². The summed E-state index contributed by atoms with van der Waals surface area (Å²) in [5.74, 6) is -0.634. The van der Waals surface area contributed by atoms with Crippen LogP contribution in [-0.2, 0) is 6.18 Å². The van der Waals surface area contributed by atoms with E-state index in [2.05, 4.69) is 24.1 Å². The smallest absolute Gasteiger partial charge is 0.344 e. The van der Waals surface area contributed by atoms with E-state index in [4.69, 9.17) is 11.6 Å². The third-order valence-electron chi connectivity index (χ3n) is 4.60. The van der Waals surface area contributed by atoms with Crippen LogP contribution in [0.3, 0.4) is 0 Å². The molecule has 0 aromatic heterocycles. The molecule has 0 heterocycles. The van der Waals surface area contributed by atoms with Gasteiger partial charge in [0.25, 0.3) is 5.91 Å². The number of likely N-dealkylation sites (N-methyl/N-ethyl adjacent to an activating group) is 1. The molecule has 0 aliphatic rings. The fourth-order valence-electron chi connectivity index (χ4n) is 2.97. The molecule has 28 heavy (non-hydrogen) atoms. The van der Waals surface area contributed by atoms with Crippen LogP contribution < -0.4 is 5.32 Å². The zero-order valence-corrected chi connectivity index (χ0v) is 16.8. The quantitative estimate of drug-likeness (QED) is 0.645. The first-order chi connectivity index (χ1) is 13.1. The fraction of sp³-hybridized carbons (Fsp3) is 0.381. The summed E-state index contributed by atoms with van der Waals surface area (Å²) in [6, 6.07) is 12.0. The second kappa shape index (κ2) is 9.43. The van der Waals surface area contributed by atoms with Gasteiger partial charge in [-0.15, -0.1) is 0 Å². The lowest BCUT2D eigenvalue weighted by Gasteiger charge is -2.30. The van der Waals surface area contributed by atoms with E-state index < -0.39 is 17.6 Å². The van der Waals surface area contributed by atoms with Crippen molar-refractivity contribution in [1.29, 1.82) is 0 Å². The van der Waals surface area contributed by atoms with Gasteiger partial charge in [-0.2, -0.15) is 13.2 Å². The summed E-state index contributed by atoms with van der Waals surface area (Å²) in [6.45, 7) is 7.43. The van der Waals surface area contributed by atoms with Crippen LogP contribution >= 0.6 is 11.6 Å². The molecule has 2 rings (SSSR count). The predicted octanol–water partition coefficient (Wildman–Crippen LogP) is 5.56. The Morgan fingerprint density at radius 3 is 2.32 bits per heavy atom. The molecule has 2 aromatic rings. The average Bonchev–Trinajstić information content (AvgIpc) is 2.64. The number of carbonyl (C=O) groups is 1. The summed E-state index contributed by atoms with van der Waals surface area (Å²) in [5, 5.41) is 2.84. The minimum absolute atomic E-state index is 0.0199. The first-order valence-corrected chi connectivity index (χ1v) is 9.47. The summed E-state index contributed by atoms with van der Waals surface area (Å²) in [5.41, 5.74) is -0.223. The van der Waals surface area contributed by atoms with Crippen molar-refractivity contribution >= 4 is 17.5 Å². The highest BCUT2D eigenvalue weighted by atomic mass is 35.5. The third kappa shape index (κ3) is 5.72. The summed E-state index contributed by atoms with van der Waals surface area (Å²) >= 11 is 6.02. The van der Waals surface area contributed by atoms with Crippen molar-refractivity contribution in [3.8, 4) is 0 Å². The Hall–Kier alpha value is -2.05. The fourth-order valence-corrected chi connectivity index (χ4v) is 3.17. The Morgan fingerprint density at radius 2 is 1.79 bits per heavy atom. The lowest BCUT2D eigenvalue weighted by atomic mass is 10.0.